The van der Waals surface area contributed by atoms with Crippen molar-refractivity contribution in [2.45, 2.75) is 31.7 Å². The highest BCUT2D eigenvalue weighted by atomic mass is 16.6. The van der Waals surface area contributed by atoms with Crippen LogP contribution in [0.1, 0.15) is 13.3 Å². The minimum atomic E-state index is -0.648. The van der Waals surface area contributed by atoms with Gasteiger partial charge in [0, 0.05) is 25.2 Å². The molecule has 7 heteroatoms. The second kappa shape index (κ2) is 6.58. The topological polar surface area (TPSA) is 73.8 Å². The molecule has 2 aliphatic heterocycles. The molecule has 0 radical (unpaired) electrons. The third kappa shape index (κ3) is 3.22. The van der Waals surface area contributed by atoms with Gasteiger partial charge in [-0.05, 0) is 25.1 Å². The number of para-hydroxylation sites is 2. The molecule has 1 amide bonds. The first kappa shape index (κ1) is 15.7. The van der Waals surface area contributed by atoms with E-state index < -0.39 is 6.10 Å². The first-order chi connectivity index (χ1) is 12.2. The first-order valence-electron chi connectivity index (χ1n) is 8.36. The van der Waals surface area contributed by atoms with E-state index in [1.165, 1.54) is 0 Å². The molecule has 2 aliphatic rings. The number of nitrogens with zero attached hydrogens (tertiary/aromatic N) is 3. The summed E-state index contributed by atoms with van der Waals surface area (Å²) < 4.78 is 17.5. The molecule has 3 heterocycles. The molecule has 0 unspecified atom stereocenters. The van der Waals surface area contributed by atoms with E-state index in [1.807, 2.05) is 31.2 Å². The lowest BCUT2D eigenvalue weighted by molar-refractivity contribution is -0.143. The predicted octanol–water partition coefficient (Wildman–Crippen LogP) is 1.68. The number of hydrogen-bond acceptors (Lipinski definition) is 6. The van der Waals surface area contributed by atoms with Gasteiger partial charge in [0.1, 0.15) is 12.2 Å². The van der Waals surface area contributed by atoms with Crippen molar-refractivity contribution in [2.75, 3.05) is 13.1 Å². The maximum atomic E-state index is 12.9. The van der Waals surface area contributed by atoms with Crippen molar-refractivity contribution >= 4 is 5.91 Å². The SMILES string of the molecule is C[C@@H]1Oc2ccccc2O[C@H]1C(=O)N1CC[C@@H](Oc2cccnn2)C1. The summed E-state index contributed by atoms with van der Waals surface area (Å²) >= 11 is 0. The summed E-state index contributed by atoms with van der Waals surface area (Å²) in [4.78, 5) is 14.6. The van der Waals surface area contributed by atoms with E-state index >= 15 is 0 Å². The van der Waals surface area contributed by atoms with Crippen LogP contribution in [0.25, 0.3) is 0 Å². The zero-order valence-corrected chi connectivity index (χ0v) is 13.9. The normalized spacial score (nSPS) is 24.8. The molecule has 0 bridgehead atoms. The zero-order valence-electron chi connectivity index (χ0n) is 13.9. The van der Waals surface area contributed by atoms with Crippen LogP contribution in [-0.2, 0) is 4.79 Å². The second-order valence-corrected chi connectivity index (χ2v) is 6.18. The molecule has 1 aromatic carbocycles. The van der Waals surface area contributed by atoms with Gasteiger partial charge < -0.3 is 19.1 Å². The lowest BCUT2D eigenvalue weighted by Crippen LogP contribution is -2.50. The molecule has 4 rings (SSSR count). The van der Waals surface area contributed by atoms with Crippen LogP contribution in [0.15, 0.2) is 42.6 Å². The fraction of sp³-hybridized carbons (Fsp3) is 0.389. The van der Waals surface area contributed by atoms with E-state index in [-0.39, 0.29) is 18.1 Å². The number of hydrogen-bond donors (Lipinski definition) is 0. The Kier molecular flexibility index (Phi) is 4.13. The number of amides is 1. The lowest BCUT2D eigenvalue weighted by Gasteiger charge is -2.33. The van der Waals surface area contributed by atoms with Crippen LogP contribution in [0, 0.1) is 0 Å². The van der Waals surface area contributed by atoms with Crippen LogP contribution in [0.2, 0.25) is 0 Å². The highest BCUT2D eigenvalue weighted by molar-refractivity contribution is 5.82. The number of benzene rings is 1. The van der Waals surface area contributed by atoms with Crippen molar-refractivity contribution in [1.82, 2.24) is 15.1 Å². The van der Waals surface area contributed by atoms with Crippen LogP contribution in [0.5, 0.6) is 17.4 Å². The third-order valence-corrected chi connectivity index (χ3v) is 4.38. The van der Waals surface area contributed by atoms with Crippen LogP contribution in [0.3, 0.4) is 0 Å². The molecule has 1 fully saturated rings. The maximum absolute atomic E-state index is 12.9. The van der Waals surface area contributed by atoms with Gasteiger partial charge in [0.25, 0.3) is 5.91 Å². The second-order valence-electron chi connectivity index (χ2n) is 6.18. The van der Waals surface area contributed by atoms with Crippen LogP contribution in [-0.4, -0.2) is 52.4 Å². The Morgan fingerprint density at radius 2 is 2.00 bits per heavy atom. The Labute approximate surface area is 145 Å². The van der Waals surface area contributed by atoms with Crippen molar-refractivity contribution in [3.05, 3.63) is 42.6 Å². The molecule has 0 N–H and O–H groups in total. The van der Waals surface area contributed by atoms with Gasteiger partial charge in [-0.25, -0.2) is 0 Å². The molecular formula is C18H19N3O4. The fourth-order valence-electron chi connectivity index (χ4n) is 3.12. The summed E-state index contributed by atoms with van der Waals surface area (Å²) in [6.07, 6.45) is 1.26. The number of rotatable bonds is 3. The number of likely N-dealkylation sites (tertiary alicyclic amines) is 1. The molecule has 1 saturated heterocycles. The van der Waals surface area contributed by atoms with Crippen molar-refractivity contribution in [3.8, 4) is 17.4 Å². The van der Waals surface area contributed by atoms with Gasteiger partial charge in [-0.3, -0.25) is 4.79 Å². The average molecular weight is 341 g/mol. The minimum absolute atomic E-state index is 0.0766. The first-order valence-corrected chi connectivity index (χ1v) is 8.36. The number of carbonyl (C=O) groups excluding carboxylic acids is 1. The largest absolute Gasteiger partial charge is 0.482 e. The summed E-state index contributed by atoms with van der Waals surface area (Å²) in [6, 6.07) is 10.9. The third-order valence-electron chi connectivity index (χ3n) is 4.38. The Hall–Kier alpha value is -2.83. The van der Waals surface area contributed by atoms with E-state index in [0.29, 0.717) is 30.5 Å². The summed E-state index contributed by atoms with van der Waals surface area (Å²) in [5, 5.41) is 7.71. The average Bonchev–Trinajstić information content (AvgIpc) is 3.10. The van der Waals surface area contributed by atoms with Gasteiger partial charge in [0.05, 0.1) is 6.54 Å². The summed E-state index contributed by atoms with van der Waals surface area (Å²) in [7, 11) is 0. The molecule has 25 heavy (non-hydrogen) atoms. The van der Waals surface area contributed by atoms with E-state index in [2.05, 4.69) is 10.2 Å². The molecule has 1 aromatic heterocycles. The van der Waals surface area contributed by atoms with E-state index in [0.717, 1.165) is 6.42 Å². The van der Waals surface area contributed by atoms with Crippen LogP contribution >= 0.6 is 0 Å². The Bertz CT molecular complexity index is 755. The van der Waals surface area contributed by atoms with E-state index in [9.17, 15) is 4.79 Å². The molecule has 0 aliphatic carbocycles. The van der Waals surface area contributed by atoms with Gasteiger partial charge in [-0.15, -0.1) is 5.10 Å². The fourth-order valence-corrected chi connectivity index (χ4v) is 3.12. The summed E-state index contributed by atoms with van der Waals surface area (Å²) in [5.41, 5.74) is 0. The molecule has 3 atom stereocenters. The van der Waals surface area contributed by atoms with Crippen molar-refractivity contribution in [2.24, 2.45) is 0 Å². The van der Waals surface area contributed by atoms with Gasteiger partial charge >= 0.3 is 0 Å². The smallest absolute Gasteiger partial charge is 0.267 e. The lowest BCUT2D eigenvalue weighted by atomic mass is 10.1. The van der Waals surface area contributed by atoms with Crippen molar-refractivity contribution in [1.29, 1.82) is 0 Å². The summed E-state index contributed by atoms with van der Waals surface area (Å²) in [5.74, 6) is 1.67. The number of fused-ring (bicyclic) bond motifs is 1. The molecule has 7 nitrogen and oxygen atoms in total. The van der Waals surface area contributed by atoms with E-state index in [4.69, 9.17) is 14.2 Å². The molecule has 0 saturated carbocycles. The van der Waals surface area contributed by atoms with Crippen molar-refractivity contribution in [3.63, 3.8) is 0 Å². The van der Waals surface area contributed by atoms with E-state index in [1.54, 1.807) is 23.2 Å². The summed E-state index contributed by atoms with van der Waals surface area (Å²) in [6.45, 7) is 2.98. The Morgan fingerprint density at radius 1 is 1.20 bits per heavy atom. The van der Waals surface area contributed by atoms with Gasteiger partial charge in [-0.2, -0.15) is 5.10 Å². The Balaban J connectivity index is 1.40. The van der Waals surface area contributed by atoms with Gasteiger partial charge in [-0.1, -0.05) is 12.1 Å². The van der Waals surface area contributed by atoms with Crippen LogP contribution < -0.4 is 14.2 Å². The monoisotopic (exact) mass is 341 g/mol. The van der Waals surface area contributed by atoms with Gasteiger partial charge in [0.2, 0.25) is 12.0 Å². The van der Waals surface area contributed by atoms with Crippen LogP contribution in [0.4, 0.5) is 0 Å². The number of aromatic nitrogens is 2. The standard InChI is InChI=1S/C18H19N3O4/c1-12-17(25-15-6-3-2-5-14(15)23-12)18(22)21-10-8-13(11-21)24-16-7-4-9-19-20-16/h2-7,9,12-13,17H,8,10-11H2,1H3/t12-,13+,17+/m0/s1. The highest BCUT2D eigenvalue weighted by Gasteiger charge is 2.39. The molecule has 0 spiro atoms. The minimum Gasteiger partial charge on any atom is -0.482 e. The Morgan fingerprint density at radius 3 is 2.76 bits per heavy atom. The number of carbonyl (C=O) groups is 1. The molecule has 2 aromatic rings. The highest BCUT2D eigenvalue weighted by Crippen LogP contribution is 2.34. The molecular weight excluding hydrogens is 322 g/mol. The van der Waals surface area contributed by atoms with Gasteiger partial charge in [0.15, 0.2) is 11.5 Å². The quantitative estimate of drug-likeness (QED) is 0.846. The van der Waals surface area contributed by atoms with Crippen molar-refractivity contribution < 1.29 is 19.0 Å². The maximum Gasteiger partial charge on any atom is 0.267 e. The molecule has 130 valence electrons. The number of ether oxygens (including phenoxy) is 3. The zero-order chi connectivity index (χ0) is 17.2. The predicted molar refractivity (Wildman–Crippen MR) is 88.6 cm³/mol.